The van der Waals surface area contributed by atoms with Crippen LogP contribution in [0.2, 0.25) is 0 Å². The molecule has 1 aliphatic carbocycles. The van der Waals surface area contributed by atoms with E-state index in [9.17, 15) is 4.79 Å². The third kappa shape index (κ3) is 5.62. The minimum atomic E-state index is -0.00160. The average Bonchev–Trinajstić information content (AvgIpc) is 3.56. The van der Waals surface area contributed by atoms with Gasteiger partial charge in [-0.1, -0.05) is 44.2 Å². The fourth-order valence-electron chi connectivity index (χ4n) is 3.94. The molecule has 32 heavy (non-hydrogen) atoms. The summed E-state index contributed by atoms with van der Waals surface area (Å²) < 4.78 is 2.11. The monoisotopic (exact) mass is 431 g/mol. The van der Waals surface area contributed by atoms with Gasteiger partial charge in [-0.25, -0.2) is 9.97 Å². The van der Waals surface area contributed by atoms with Crippen molar-refractivity contribution in [2.24, 2.45) is 5.92 Å². The number of nitrogens with zero attached hydrogens (tertiary/aromatic N) is 4. The summed E-state index contributed by atoms with van der Waals surface area (Å²) in [6.07, 6.45) is 9.21. The second-order valence-corrected chi connectivity index (χ2v) is 8.51. The third-order valence-corrected chi connectivity index (χ3v) is 6.13. The number of hydrogen-bond acceptors (Lipinski definition) is 4. The van der Waals surface area contributed by atoms with E-state index in [1.807, 2.05) is 48.8 Å². The van der Waals surface area contributed by atoms with E-state index >= 15 is 0 Å². The molecule has 3 aromatic rings. The highest BCUT2D eigenvalue weighted by atomic mass is 16.1. The van der Waals surface area contributed by atoms with Gasteiger partial charge in [0, 0.05) is 48.4 Å². The summed E-state index contributed by atoms with van der Waals surface area (Å²) in [5.41, 5.74) is 3.63. The third-order valence-electron chi connectivity index (χ3n) is 6.13. The van der Waals surface area contributed by atoms with Crippen molar-refractivity contribution in [2.45, 2.75) is 39.7 Å². The van der Waals surface area contributed by atoms with Crippen LogP contribution in [0.3, 0.4) is 0 Å². The fourth-order valence-corrected chi connectivity index (χ4v) is 3.94. The molecule has 2 aromatic heterocycles. The van der Waals surface area contributed by atoms with Crippen LogP contribution in [0.15, 0.2) is 55.0 Å². The molecule has 168 valence electrons. The highest BCUT2D eigenvalue weighted by Gasteiger charge is 2.24. The Hall–Kier alpha value is -2.99. The molecule has 0 aliphatic heterocycles. The molecule has 0 spiro atoms. The zero-order valence-corrected chi connectivity index (χ0v) is 19.1. The Labute approximate surface area is 190 Å². The van der Waals surface area contributed by atoms with Gasteiger partial charge in [-0.15, -0.1) is 0 Å². The lowest BCUT2D eigenvalue weighted by Gasteiger charge is -2.17. The van der Waals surface area contributed by atoms with Gasteiger partial charge >= 0.3 is 0 Å². The lowest BCUT2D eigenvalue weighted by molar-refractivity contribution is 0.0942. The van der Waals surface area contributed by atoms with Crippen LogP contribution in [0.4, 0.5) is 0 Å². The standard InChI is InChI=1S/C26H33N5O/c1-3-30(4-2)14-8-13-27-26(32)24-15-22(19-31(24)18-20-11-12-20)23-16-28-25(29-17-23)21-9-6-5-7-10-21/h5-7,9-10,15-17,19-20H,3-4,8,11-14,18H2,1-2H3,(H,27,32). The Bertz CT molecular complexity index is 1000. The van der Waals surface area contributed by atoms with Crippen molar-refractivity contribution < 1.29 is 4.79 Å². The molecule has 1 N–H and O–H groups in total. The van der Waals surface area contributed by atoms with E-state index in [2.05, 4.69) is 44.8 Å². The van der Waals surface area contributed by atoms with Gasteiger partial charge in [0.15, 0.2) is 5.82 Å². The van der Waals surface area contributed by atoms with E-state index < -0.39 is 0 Å². The van der Waals surface area contributed by atoms with Gasteiger partial charge in [0.05, 0.1) is 0 Å². The van der Waals surface area contributed by atoms with Crippen molar-refractivity contribution in [1.82, 2.24) is 24.8 Å². The molecule has 0 bridgehead atoms. The molecule has 1 aromatic carbocycles. The maximum atomic E-state index is 13.0. The SMILES string of the molecule is CCN(CC)CCCNC(=O)c1cc(-c2cnc(-c3ccccc3)nc2)cn1CC1CC1. The number of hydrogen-bond donors (Lipinski definition) is 1. The maximum Gasteiger partial charge on any atom is 0.267 e. The van der Waals surface area contributed by atoms with E-state index in [1.54, 1.807) is 0 Å². The molecule has 0 saturated heterocycles. The number of nitrogens with one attached hydrogen (secondary N) is 1. The van der Waals surface area contributed by atoms with Gasteiger partial charge in [0.2, 0.25) is 0 Å². The number of aromatic nitrogens is 3. The first-order valence-electron chi connectivity index (χ1n) is 11.8. The summed E-state index contributed by atoms with van der Waals surface area (Å²) in [7, 11) is 0. The summed E-state index contributed by atoms with van der Waals surface area (Å²) in [5.74, 6) is 1.39. The van der Waals surface area contributed by atoms with Crippen LogP contribution < -0.4 is 5.32 Å². The van der Waals surface area contributed by atoms with Gasteiger partial charge in [-0.05, 0) is 50.9 Å². The summed E-state index contributed by atoms with van der Waals surface area (Å²) in [6.45, 7) is 9.02. The first-order valence-corrected chi connectivity index (χ1v) is 11.8. The molecule has 1 fully saturated rings. The van der Waals surface area contributed by atoms with Crippen molar-refractivity contribution >= 4 is 5.91 Å². The zero-order chi connectivity index (χ0) is 22.3. The summed E-state index contributed by atoms with van der Waals surface area (Å²) in [6, 6.07) is 11.9. The molecular weight excluding hydrogens is 398 g/mol. The van der Waals surface area contributed by atoms with E-state index in [0.29, 0.717) is 18.3 Å². The summed E-state index contributed by atoms with van der Waals surface area (Å²) in [5, 5.41) is 3.11. The van der Waals surface area contributed by atoms with Crippen LogP contribution in [0.5, 0.6) is 0 Å². The smallest absolute Gasteiger partial charge is 0.267 e. The minimum Gasteiger partial charge on any atom is -0.351 e. The molecule has 1 saturated carbocycles. The number of amides is 1. The molecule has 6 nitrogen and oxygen atoms in total. The Kier molecular flexibility index (Phi) is 7.32. The lowest BCUT2D eigenvalue weighted by Crippen LogP contribution is -2.31. The van der Waals surface area contributed by atoms with Gasteiger partial charge in [0.25, 0.3) is 5.91 Å². The van der Waals surface area contributed by atoms with Crippen molar-refractivity contribution in [3.63, 3.8) is 0 Å². The highest BCUT2D eigenvalue weighted by Crippen LogP contribution is 2.32. The van der Waals surface area contributed by atoms with E-state index in [0.717, 1.165) is 55.0 Å². The molecule has 2 heterocycles. The van der Waals surface area contributed by atoms with Gasteiger partial charge in [0.1, 0.15) is 5.69 Å². The molecule has 1 aliphatic rings. The molecule has 0 atom stereocenters. The predicted octanol–water partition coefficient (Wildman–Crippen LogP) is 4.48. The van der Waals surface area contributed by atoms with E-state index in [-0.39, 0.29) is 5.91 Å². The highest BCUT2D eigenvalue weighted by molar-refractivity contribution is 5.94. The van der Waals surface area contributed by atoms with Crippen LogP contribution in [0, 0.1) is 5.92 Å². The van der Waals surface area contributed by atoms with Crippen LogP contribution in [-0.4, -0.2) is 51.5 Å². The second-order valence-electron chi connectivity index (χ2n) is 8.51. The number of benzene rings is 1. The van der Waals surface area contributed by atoms with Crippen molar-refractivity contribution in [1.29, 1.82) is 0 Å². The van der Waals surface area contributed by atoms with Crippen molar-refractivity contribution in [3.05, 3.63) is 60.7 Å². The first-order chi connectivity index (χ1) is 15.7. The van der Waals surface area contributed by atoms with Crippen molar-refractivity contribution in [3.8, 4) is 22.5 Å². The Morgan fingerprint density at radius 2 is 1.78 bits per heavy atom. The molecular formula is C26H33N5O. The zero-order valence-electron chi connectivity index (χ0n) is 19.1. The first kappa shape index (κ1) is 22.2. The average molecular weight is 432 g/mol. The topological polar surface area (TPSA) is 63.1 Å². The normalized spacial score (nSPS) is 13.5. The lowest BCUT2D eigenvalue weighted by atomic mass is 10.1. The van der Waals surface area contributed by atoms with Crippen LogP contribution in [0.1, 0.15) is 43.6 Å². The van der Waals surface area contributed by atoms with Gasteiger partial charge in [-0.3, -0.25) is 4.79 Å². The Morgan fingerprint density at radius 1 is 1.06 bits per heavy atom. The van der Waals surface area contributed by atoms with Crippen LogP contribution in [-0.2, 0) is 6.54 Å². The number of rotatable bonds is 11. The van der Waals surface area contributed by atoms with Crippen LogP contribution in [0.25, 0.3) is 22.5 Å². The largest absolute Gasteiger partial charge is 0.351 e. The quantitative estimate of drug-likeness (QED) is 0.455. The summed E-state index contributed by atoms with van der Waals surface area (Å²) in [4.78, 5) is 24.4. The molecule has 0 unspecified atom stereocenters. The predicted molar refractivity (Wildman–Crippen MR) is 128 cm³/mol. The molecule has 4 rings (SSSR count). The van der Waals surface area contributed by atoms with E-state index in [1.165, 1.54) is 12.8 Å². The Balaban J connectivity index is 1.46. The molecule has 1 amide bonds. The number of carbonyl (C=O) groups excluding carboxylic acids is 1. The van der Waals surface area contributed by atoms with Crippen molar-refractivity contribution in [2.75, 3.05) is 26.2 Å². The molecule has 6 heteroatoms. The molecule has 0 radical (unpaired) electrons. The van der Waals surface area contributed by atoms with Gasteiger partial charge < -0.3 is 14.8 Å². The minimum absolute atomic E-state index is 0.00160. The Morgan fingerprint density at radius 3 is 2.44 bits per heavy atom. The second kappa shape index (κ2) is 10.6. The summed E-state index contributed by atoms with van der Waals surface area (Å²) >= 11 is 0. The maximum absolute atomic E-state index is 13.0. The number of carbonyl (C=O) groups is 1. The van der Waals surface area contributed by atoms with E-state index in [4.69, 9.17) is 0 Å². The fraction of sp³-hybridized carbons (Fsp3) is 0.423. The van der Waals surface area contributed by atoms with Crippen LogP contribution >= 0.6 is 0 Å². The van der Waals surface area contributed by atoms with Gasteiger partial charge in [-0.2, -0.15) is 0 Å².